The van der Waals surface area contributed by atoms with Gasteiger partial charge in [0.05, 0.1) is 7.11 Å². The Balaban J connectivity index is 1.32. The summed E-state index contributed by atoms with van der Waals surface area (Å²) in [6.45, 7) is 0.747. The van der Waals surface area contributed by atoms with E-state index in [4.69, 9.17) is 23.5 Å². The number of benzene rings is 5. The van der Waals surface area contributed by atoms with Crippen molar-refractivity contribution >= 4 is 7.12 Å². The van der Waals surface area contributed by atoms with E-state index in [1.54, 1.807) is 21.3 Å². The van der Waals surface area contributed by atoms with Crippen molar-refractivity contribution in [2.24, 2.45) is 0 Å². The minimum Gasteiger partial charge on any atom is -0.497 e. The second kappa shape index (κ2) is 14.1. The van der Waals surface area contributed by atoms with Gasteiger partial charge in [-0.3, -0.25) is 0 Å². The highest BCUT2D eigenvalue weighted by Gasteiger charge is 2.65. The molecule has 0 radical (unpaired) electrons. The summed E-state index contributed by atoms with van der Waals surface area (Å²) in [6.07, 6.45) is -0.255. The summed E-state index contributed by atoms with van der Waals surface area (Å²) in [5.41, 5.74) is 3.08. The predicted octanol–water partition coefficient (Wildman–Crippen LogP) is 7.38. The van der Waals surface area contributed by atoms with Crippen LogP contribution in [0.3, 0.4) is 0 Å². The van der Waals surface area contributed by atoms with Gasteiger partial charge in [-0.25, -0.2) is 0 Å². The van der Waals surface area contributed by atoms with Crippen molar-refractivity contribution < 1.29 is 23.5 Å². The molecule has 4 atom stereocenters. The molecule has 1 aliphatic heterocycles. The Bertz CT molecular complexity index is 1560. The second-order valence-electron chi connectivity index (χ2n) is 12.6. The summed E-state index contributed by atoms with van der Waals surface area (Å²) in [5.74, 6) is 1.00. The zero-order valence-corrected chi connectivity index (χ0v) is 27.7. The van der Waals surface area contributed by atoms with Crippen molar-refractivity contribution in [1.29, 1.82) is 0 Å². The van der Waals surface area contributed by atoms with E-state index in [1.807, 2.05) is 84.9 Å². The lowest BCUT2D eigenvalue weighted by Crippen LogP contribution is -2.56. The molecule has 0 unspecified atom stereocenters. The van der Waals surface area contributed by atoms with Crippen LogP contribution in [0, 0.1) is 0 Å². The lowest BCUT2D eigenvalue weighted by molar-refractivity contribution is -0.136. The molecule has 244 valence electrons. The molecular weight excluding hydrogens is 597 g/mol. The monoisotopic (exact) mass is 639 g/mol. The van der Waals surface area contributed by atoms with Gasteiger partial charge in [-0.1, -0.05) is 133 Å². The Morgan fingerprint density at radius 1 is 0.583 bits per heavy atom. The average Bonchev–Trinajstić information content (AvgIpc) is 3.82. The van der Waals surface area contributed by atoms with Crippen LogP contribution in [0.1, 0.15) is 34.2 Å². The molecule has 5 aromatic carbocycles. The highest BCUT2D eigenvalue weighted by molar-refractivity contribution is 6.48. The van der Waals surface area contributed by atoms with Gasteiger partial charge in [-0.2, -0.15) is 0 Å². The molecule has 5 aromatic rings. The third-order valence-corrected chi connectivity index (χ3v) is 10.0. The summed E-state index contributed by atoms with van der Waals surface area (Å²) in [7, 11) is 4.73. The molecule has 0 bridgehead atoms. The van der Waals surface area contributed by atoms with Crippen LogP contribution >= 0.6 is 0 Å². The number of hydrogen-bond donors (Lipinski definition) is 1. The fourth-order valence-electron chi connectivity index (χ4n) is 7.46. The largest absolute Gasteiger partial charge is 0.497 e. The number of methoxy groups -OCH3 is 3. The van der Waals surface area contributed by atoms with Crippen LogP contribution in [0.4, 0.5) is 0 Å². The molecule has 2 aliphatic rings. The molecule has 1 aliphatic carbocycles. The first-order chi connectivity index (χ1) is 23.6. The van der Waals surface area contributed by atoms with Gasteiger partial charge in [-0.15, -0.1) is 0 Å². The van der Waals surface area contributed by atoms with E-state index in [0.29, 0.717) is 0 Å². The first-order valence-electron chi connectivity index (χ1n) is 16.6. The summed E-state index contributed by atoms with van der Waals surface area (Å²) >= 11 is 0. The molecule has 7 heteroatoms. The molecule has 7 rings (SSSR count). The van der Waals surface area contributed by atoms with Gasteiger partial charge in [0.1, 0.15) is 29.2 Å². The minimum absolute atomic E-state index is 0.151. The number of ether oxygens (including phenoxy) is 3. The molecule has 1 N–H and O–H groups in total. The lowest BCUT2D eigenvalue weighted by atomic mass is 9.71. The van der Waals surface area contributed by atoms with E-state index < -0.39 is 30.5 Å². The highest BCUT2D eigenvalue weighted by atomic mass is 16.7. The zero-order valence-electron chi connectivity index (χ0n) is 27.7. The van der Waals surface area contributed by atoms with Gasteiger partial charge >= 0.3 is 7.12 Å². The molecule has 0 aromatic heterocycles. The normalized spacial score (nSPS) is 20.9. The van der Waals surface area contributed by atoms with Crippen LogP contribution in [0.15, 0.2) is 146 Å². The van der Waals surface area contributed by atoms with Crippen molar-refractivity contribution in [2.45, 2.75) is 48.2 Å². The molecule has 1 saturated carbocycles. The molecule has 48 heavy (non-hydrogen) atoms. The summed E-state index contributed by atoms with van der Waals surface area (Å²) in [6, 6.07) is 49.8. The molecule has 6 nitrogen and oxygen atoms in total. The van der Waals surface area contributed by atoms with Crippen LogP contribution in [0.2, 0.25) is 5.82 Å². The average molecular weight is 640 g/mol. The molecular formula is C41H42BNO5. The quantitative estimate of drug-likeness (QED) is 0.136. The van der Waals surface area contributed by atoms with E-state index in [1.165, 1.54) is 5.56 Å². The van der Waals surface area contributed by atoms with Gasteiger partial charge in [0, 0.05) is 32.6 Å². The highest BCUT2D eigenvalue weighted by Crippen LogP contribution is 2.54. The first-order valence-corrected chi connectivity index (χ1v) is 16.6. The topological polar surface area (TPSA) is 58.2 Å². The SMILES string of the molecule is COc1ccc(CN[C@@H]2C[C@H]2B2O[C@@H](C(OC)(c3ccccc3)c3ccccc3)[C@H](C(OC)(c3ccccc3)c3ccccc3)O2)cc1. The summed E-state index contributed by atoms with van der Waals surface area (Å²) < 4.78 is 33.3. The second-order valence-corrected chi connectivity index (χ2v) is 12.6. The van der Waals surface area contributed by atoms with Gasteiger partial charge in [0.15, 0.2) is 0 Å². The fourth-order valence-corrected chi connectivity index (χ4v) is 7.46. The van der Waals surface area contributed by atoms with Crippen LogP contribution in [0.5, 0.6) is 5.75 Å². The molecule has 0 amide bonds. The van der Waals surface area contributed by atoms with Gasteiger partial charge in [0.2, 0.25) is 0 Å². The van der Waals surface area contributed by atoms with E-state index in [0.717, 1.165) is 41.0 Å². The lowest BCUT2D eigenvalue weighted by Gasteiger charge is -2.47. The third-order valence-electron chi connectivity index (χ3n) is 10.0. The molecule has 0 spiro atoms. The number of nitrogens with one attached hydrogen (secondary N) is 1. The minimum atomic E-state index is -1.02. The standard InChI is InChI=1S/C41H42BNO5/c1-44-35-26-24-30(25-27-35)29-43-37-28-36(37)42-47-38(40(45-2,31-16-8-4-9-17-31)32-18-10-5-11-19-32)39(48-42)41(46-3,33-20-12-6-13-21-33)34-22-14-7-15-23-34/h4-27,36-39,43H,28-29H2,1-3H3/t36-,37-,38-,39-/m1/s1. The van der Waals surface area contributed by atoms with Crippen molar-refractivity contribution in [3.63, 3.8) is 0 Å². The maximum Gasteiger partial charge on any atom is 0.462 e. The van der Waals surface area contributed by atoms with Crippen LogP contribution in [-0.4, -0.2) is 46.7 Å². The van der Waals surface area contributed by atoms with Gasteiger partial charge in [-0.05, 0) is 46.4 Å². The van der Waals surface area contributed by atoms with E-state index in [2.05, 4.69) is 66.0 Å². The third kappa shape index (κ3) is 5.87. The van der Waals surface area contributed by atoms with Crippen molar-refractivity contribution in [3.05, 3.63) is 173 Å². The Hall–Kier alpha value is -4.24. The van der Waals surface area contributed by atoms with Gasteiger partial charge < -0.3 is 28.8 Å². The van der Waals surface area contributed by atoms with E-state index in [-0.39, 0.29) is 11.9 Å². The smallest absolute Gasteiger partial charge is 0.462 e. The maximum absolute atomic E-state index is 7.24. The van der Waals surface area contributed by atoms with Crippen molar-refractivity contribution in [1.82, 2.24) is 5.32 Å². The van der Waals surface area contributed by atoms with Crippen molar-refractivity contribution in [2.75, 3.05) is 21.3 Å². The number of rotatable bonds is 13. The number of hydrogen-bond acceptors (Lipinski definition) is 6. The Morgan fingerprint density at radius 3 is 1.33 bits per heavy atom. The van der Waals surface area contributed by atoms with Crippen LogP contribution < -0.4 is 10.1 Å². The molecule has 1 saturated heterocycles. The Kier molecular flexibility index (Phi) is 9.49. The van der Waals surface area contributed by atoms with Crippen LogP contribution in [0.25, 0.3) is 0 Å². The summed E-state index contributed by atoms with van der Waals surface area (Å²) in [5, 5.41) is 3.74. The Morgan fingerprint density at radius 2 is 0.979 bits per heavy atom. The van der Waals surface area contributed by atoms with Crippen LogP contribution in [-0.2, 0) is 36.5 Å². The summed E-state index contributed by atoms with van der Waals surface area (Å²) in [4.78, 5) is 0. The fraction of sp³-hybridized carbons (Fsp3) is 0.268. The van der Waals surface area contributed by atoms with E-state index in [9.17, 15) is 0 Å². The first kappa shape index (κ1) is 32.3. The molecule has 2 fully saturated rings. The Labute approximate surface area is 284 Å². The molecule has 1 heterocycles. The predicted molar refractivity (Wildman–Crippen MR) is 189 cm³/mol. The van der Waals surface area contributed by atoms with Gasteiger partial charge in [0.25, 0.3) is 0 Å². The van der Waals surface area contributed by atoms with E-state index >= 15 is 0 Å². The zero-order chi connectivity index (χ0) is 33.0. The maximum atomic E-state index is 7.24. The van der Waals surface area contributed by atoms with Crippen molar-refractivity contribution in [3.8, 4) is 5.75 Å².